The number of thioether (sulfide) groups is 1. The number of aromatic nitrogens is 2. The minimum atomic E-state index is -3.64. The molecule has 0 amide bonds. The maximum Gasteiger partial charge on any atom is 0.243 e. The zero-order chi connectivity index (χ0) is 23.7. The summed E-state index contributed by atoms with van der Waals surface area (Å²) in [5, 5.41) is 1.04. The van der Waals surface area contributed by atoms with E-state index >= 15 is 0 Å². The summed E-state index contributed by atoms with van der Waals surface area (Å²) in [7, 11) is -3.64. The highest BCUT2D eigenvalue weighted by atomic mass is 35.5. The van der Waals surface area contributed by atoms with E-state index in [4.69, 9.17) is 26.1 Å². The molecule has 182 valence electrons. The number of ether oxygens (including phenoxy) is 2. The second-order valence-corrected chi connectivity index (χ2v) is 11.6. The summed E-state index contributed by atoms with van der Waals surface area (Å²) in [5.74, 6) is -0.0556. The van der Waals surface area contributed by atoms with Gasteiger partial charge in [-0.1, -0.05) is 29.4 Å². The SMILES string of the molecule is O=S(=O)(c1ccc2c(c1)nc(SCc1c(F)cccc1Cl)n2CC1CCCO1)N1CCOCC1. The third kappa shape index (κ3) is 4.84. The van der Waals surface area contributed by atoms with E-state index in [2.05, 4.69) is 0 Å². The topological polar surface area (TPSA) is 73.7 Å². The first-order valence-corrected chi connectivity index (χ1v) is 14.0. The molecule has 2 aliphatic rings. The number of hydrogen-bond donors (Lipinski definition) is 0. The molecule has 0 radical (unpaired) electrons. The van der Waals surface area contributed by atoms with Gasteiger partial charge in [-0.2, -0.15) is 4.31 Å². The first-order chi connectivity index (χ1) is 16.4. The summed E-state index contributed by atoms with van der Waals surface area (Å²) in [6.07, 6.45) is 2.02. The van der Waals surface area contributed by atoms with Gasteiger partial charge in [0.15, 0.2) is 5.16 Å². The van der Waals surface area contributed by atoms with Crippen LogP contribution in [0.1, 0.15) is 18.4 Å². The number of imidazole rings is 1. The Balaban J connectivity index is 1.49. The smallest absolute Gasteiger partial charge is 0.243 e. The maximum atomic E-state index is 14.3. The molecule has 7 nitrogen and oxygen atoms in total. The lowest BCUT2D eigenvalue weighted by atomic mass is 10.2. The molecule has 2 aromatic carbocycles. The third-order valence-electron chi connectivity index (χ3n) is 6.11. The molecule has 2 fully saturated rings. The van der Waals surface area contributed by atoms with E-state index in [9.17, 15) is 12.8 Å². The van der Waals surface area contributed by atoms with E-state index < -0.39 is 10.0 Å². The molecule has 5 rings (SSSR count). The summed E-state index contributed by atoms with van der Waals surface area (Å²) in [6, 6.07) is 9.67. The Morgan fingerprint density at radius 3 is 2.74 bits per heavy atom. The van der Waals surface area contributed by atoms with Crippen molar-refractivity contribution in [3.05, 3.63) is 52.8 Å². The molecule has 2 aliphatic heterocycles. The fraction of sp³-hybridized carbons (Fsp3) is 0.435. The Morgan fingerprint density at radius 1 is 1.18 bits per heavy atom. The fourth-order valence-corrected chi connectivity index (χ4v) is 7.07. The highest BCUT2D eigenvalue weighted by Gasteiger charge is 2.28. The van der Waals surface area contributed by atoms with Crippen molar-refractivity contribution in [2.24, 2.45) is 0 Å². The van der Waals surface area contributed by atoms with Gasteiger partial charge in [-0.15, -0.1) is 0 Å². The molecular formula is C23H25ClFN3O4S2. The molecule has 34 heavy (non-hydrogen) atoms. The van der Waals surface area contributed by atoms with E-state index in [1.165, 1.54) is 22.1 Å². The van der Waals surface area contributed by atoms with Crippen LogP contribution in [0.3, 0.4) is 0 Å². The highest BCUT2D eigenvalue weighted by molar-refractivity contribution is 7.98. The van der Waals surface area contributed by atoms with E-state index in [0.29, 0.717) is 59.9 Å². The van der Waals surface area contributed by atoms with Crippen molar-refractivity contribution < 1.29 is 22.3 Å². The Kier molecular flexibility index (Phi) is 7.15. The van der Waals surface area contributed by atoms with Crippen LogP contribution in [0.5, 0.6) is 0 Å². The number of halogens is 2. The lowest BCUT2D eigenvalue weighted by Gasteiger charge is -2.26. The van der Waals surface area contributed by atoms with Crippen LogP contribution in [-0.4, -0.2) is 61.3 Å². The second-order valence-electron chi connectivity index (χ2n) is 8.30. The van der Waals surface area contributed by atoms with Crippen molar-refractivity contribution in [3.63, 3.8) is 0 Å². The van der Waals surface area contributed by atoms with Crippen molar-refractivity contribution in [2.75, 3.05) is 32.9 Å². The zero-order valence-electron chi connectivity index (χ0n) is 18.5. The van der Waals surface area contributed by atoms with Gasteiger partial charge in [0.2, 0.25) is 10.0 Å². The normalized spacial score (nSPS) is 19.8. The number of nitrogens with zero attached hydrogens (tertiary/aromatic N) is 3. The van der Waals surface area contributed by atoms with Crippen LogP contribution in [0, 0.1) is 5.82 Å². The molecule has 1 aromatic heterocycles. The molecule has 0 bridgehead atoms. The van der Waals surface area contributed by atoms with Crippen molar-refractivity contribution >= 4 is 44.4 Å². The summed E-state index contributed by atoms with van der Waals surface area (Å²) in [4.78, 5) is 4.95. The number of hydrogen-bond acceptors (Lipinski definition) is 6. The molecular weight excluding hydrogens is 501 g/mol. The Hall–Kier alpha value is -1.69. The summed E-state index contributed by atoms with van der Waals surface area (Å²) < 4.78 is 55.2. The van der Waals surface area contributed by atoms with Gasteiger partial charge in [0.25, 0.3) is 0 Å². The lowest BCUT2D eigenvalue weighted by molar-refractivity contribution is 0.0730. The monoisotopic (exact) mass is 525 g/mol. The van der Waals surface area contributed by atoms with Gasteiger partial charge in [-0.05, 0) is 43.2 Å². The van der Waals surface area contributed by atoms with Gasteiger partial charge < -0.3 is 14.0 Å². The van der Waals surface area contributed by atoms with Crippen LogP contribution in [0.25, 0.3) is 11.0 Å². The van der Waals surface area contributed by atoms with Crippen LogP contribution in [0.2, 0.25) is 5.02 Å². The van der Waals surface area contributed by atoms with Crippen LogP contribution in [0.4, 0.5) is 4.39 Å². The minimum Gasteiger partial charge on any atom is -0.379 e. The van der Waals surface area contributed by atoms with Gasteiger partial charge in [-0.3, -0.25) is 0 Å². The summed E-state index contributed by atoms with van der Waals surface area (Å²) in [6.45, 7) is 2.76. The average molecular weight is 526 g/mol. The van der Waals surface area contributed by atoms with Gasteiger partial charge in [-0.25, -0.2) is 17.8 Å². The number of morpholine rings is 1. The van der Waals surface area contributed by atoms with Gasteiger partial charge >= 0.3 is 0 Å². The predicted octanol–water partition coefficient (Wildman–Crippen LogP) is 4.32. The van der Waals surface area contributed by atoms with Crippen molar-refractivity contribution in [2.45, 2.75) is 41.3 Å². The zero-order valence-corrected chi connectivity index (χ0v) is 20.8. The third-order valence-corrected chi connectivity index (χ3v) is 9.36. The number of rotatable bonds is 7. The molecule has 0 spiro atoms. The highest BCUT2D eigenvalue weighted by Crippen LogP contribution is 2.32. The molecule has 2 saturated heterocycles. The van der Waals surface area contributed by atoms with Crippen LogP contribution >= 0.6 is 23.4 Å². The largest absolute Gasteiger partial charge is 0.379 e. The van der Waals surface area contributed by atoms with E-state index in [1.807, 2.05) is 4.57 Å². The fourth-order valence-electron chi connectivity index (χ4n) is 4.27. The van der Waals surface area contributed by atoms with Crippen molar-refractivity contribution in [1.82, 2.24) is 13.9 Å². The molecule has 0 saturated carbocycles. The second kappa shape index (κ2) is 10.1. The van der Waals surface area contributed by atoms with Crippen LogP contribution < -0.4 is 0 Å². The van der Waals surface area contributed by atoms with Crippen molar-refractivity contribution in [3.8, 4) is 0 Å². The standard InChI is InChI=1S/C23H25ClFN3O4S2/c24-19-4-1-5-20(25)18(19)15-33-23-26-21-13-17(34(29,30)27-8-11-31-12-9-27)6-7-22(21)28(23)14-16-3-2-10-32-16/h1,4-7,13,16H,2-3,8-12,14-15H2. The molecule has 1 unspecified atom stereocenters. The number of sulfonamides is 1. The molecule has 1 atom stereocenters. The van der Waals surface area contributed by atoms with Crippen molar-refractivity contribution in [1.29, 1.82) is 0 Å². The molecule has 0 N–H and O–H groups in total. The minimum absolute atomic E-state index is 0.0607. The average Bonchev–Trinajstić information content (AvgIpc) is 3.47. The predicted molar refractivity (Wildman–Crippen MR) is 129 cm³/mol. The molecule has 3 heterocycles. The molecule has 11 heteroatoms. The molecule has 3 aromatic rings. The maximum absolute atomic E-state index is 14.3. The van der Waals surface area contributed by atoms with E-state index in [0.717, 1.165) is 25.0 Å². The van der Waals surface area contributed by atoms with Crippen LogP contribution in [0.15, 0.2) is 46.5 Å². The molecule has 0 aliphatic carbocycles. The first kappa shape index (κ1) is 24.0. The van der Waals surface area contributed by atoms with E-state index in [-0.39, 0.29) is 16.8 Å². The Morgan fingerprint density at radius 2 is 2.00 bits per heavy atom. The summed E-state index contributed by atoms with van der Waals surface area (Å²) in [5.41, 5.74) is 1.81. The Bertz CT molecular complexity index is 1270. The van der Waals surface area contributed by atoms with E-state index in [1.54, 1.807) is 30.3 Å². The van der Waals surface area contributed by atoms with Gasteiger partial charge in [0.05, 0.1) is 41.8 Å². The van der Waals surface area contributed by atoms with Gasteiger partial charge in [0, 0.05) is 36.0 Å². The lowest BCUT2D eigenvalue weighted by Crippen LogP contribution is -2.40. The summed E-state index contributed by atoms with van der Waals surface area (Å²) >= 11 is 7.59. The first-order valence-electron chi connectivity index (χ1n) is 11.2. The quantitative estimate of drug-likeness (QED) is 0.428. The van der Waals surface area contributed by atoms with Gasteiger partial charge in [0.1, 0.15) is 5.82 Å². The number of benzene rings is 2. The Labute approximate surface area is 207 Å². The number of fused-ring (bicyclic) bond motifs is 1. The van der Waals surface area contributed by atoms with Crippen LogP contribution in [-0.2, 0) is 31.8 Å².